The van der Waals surface area contributed by atoms with Gasteiger partial charge < -0.3 is 0 Å². The second-order valence-electron chi connectivity index (χ2n) is 6.58. The van der Waals surface area contributed by atoms with E-state index in [2.05, 4.69) is 51.1 Å². The number of fused-ring (bicyclic) bond motifs is 1. The minimum atomic E-state index is -0.00832. The lowest BCUT2D eigenvalue weighted by Gasteiger charge is -2.19. The number of aryl methyl sites for hydroxylation is 2. The van der Waals surface area contributed by atoms with Crippen molar-refractivity contribution in [2.24, 2.45) is 5.41 Å². The first kappa shape index (κ1) is 14.8. The summed E-state index contributed by atoms with van der Waals surface area (Å²) in [6, 6.07) is 6.74. The largest absolute Gasteiger partial charge is 0.299 e. The molecule has 0 fully saturated rings. The predicted molar refractivity (Wildman–Crippen MR) is 85.7 cm³/mol. The summed E-state index contributed by atoms with van der Waals surface area (Å²) < 4.78 is 0. The number of rotatable bonds is 3. The summed E-state index contributed by atoms with van der Waals surface area (Å²) in [6.07, 6.45) is 11.8. The van der Waals surface area contributed by atoms with Gasteiger partial charge in [-0.1, -0.05) is 51.1 Å². The summed E-state index contributed by atoms with van der Waals surface area (Å²) in [5, 5.41) is 0. The molecule has 0 spiro atoms. The predicted octanol–water partition coefficient (Wildman–Crippen LogP) is 4.75. The van der Waals surface area contributed by atoms with Crippen LogP contribution in [0.5, 0.6) is 0 Å². The fourth-order valence-electron chi connectivity index (χ4n) is 2.67. The molecular weight excluding hydrogens is 244 g/mol. The van der Waals surface area contributed by atoms with Gasteiger partial charge in [-0.3, -0.25) is 4.79 Å². The van der Waals surface area contributed by atoms with Crippen molar-refractivity contribution in [3.8, 4) is 0 Å². The van der Waals surface area contributed by atoms with Crippen LogP contribution in [0.15, 0.2) is 35.9 Å². The molecule has 0 saturated carbocycles. The van der Waals surface area contributed by atoms with Gasteiger partial charge in [0.25, 0.3) is 0 Å². The van der Waals surface area contributed by atoms with Crippen LogP contribution in [-0.2, 0) is 17.6 Å². The summed E-state index contributed by atoms with van der Waals surface area (Å²) in [7, 11) is 0. The summed E-state index contributed by atoms with van der Waals surface area (Å²) in [6.45, 7) is 6.37. The van der Waals surface area contributed by atoms with Crippen molar-refractivity contribution in [1.82, 2.24) is 0 Å². The number of hydrogen-bond donors (Lipinski definition) is 0. The molecule has 106 valence electrons. The lowest BCUT2D eigenvalue weighted by molar-refractivity contribution is -0.104. The average molecular weight is 268 g/mol. The van der Waals surface area contributed by atoms with Gasteiger partial charge >= 0.3 is 0 Å². The molecule has 0 aliphatic heterocycles. The second-order valence-corrected chi connectivity index (χ2v) is 6.58. The summed E-state index contributed by atoms with van der Waals surface area (Å²) >= 11 is 0. The number of benzene rings is 1. The molecule has 0 unspecified atom stereocenters. The molecular formula is C19H24O. The van der Waals surface area contributed by atoms with Crippen LogP contribution in [0.4, 0.5) is 0 Å². The van der Waals surface area contributed by atoms with Gasteiger partial charge in [0.1, 0.15) is 6.29 Å². The van der Waals surface area contributed by atoms with Crippen LogP contribution in [0.3, 0.4) is 0 Å². The highest BCUT2D eigenvalue weighted by Crippen LogP contribution is 2.27. The molecule has 1 aliphatic rings. The van der Waals surface area contributed by atoms with Crippen molar-refractivity contribution in [3.63, 3.8) is 0 Å². The van der Waals surface area contributed by atoms with Crippen LogP contribution in [0.25, 0.3) is 6.08 Å². The summed E-state index contributed by atoms with van der Waals surface area (Å²) in [5.41, 5.74) is 5.28. The van der Waals surface area contributed by atoms with E-state index in [9.17, 15) is 4.79 Å². The van der Waals surface area contributed by atoms with Gasteiger partial charge in [-0.2, -0.15) is 0 Å². The maximum atomic E-state index is 10.8. The topological polar surface area (TPSA) is 17.1 Å². The molecule has 0 heterocycles. The zero-order chi connectivity index (χ0) is 14.6. The smallest absolute Gasteiger partial charge is 0.143 e. The van der Waals surface area contributed by atoms with Gasteiger partial charge in [-0.25, -0.2) is 0 Å². The van der Waals surface area contributed by atoms with E-state index in [1.807, 2.05) is 0 Å². The lowest BCUT2D eigenvalue weighted by Crippen LogP contribution is -2.07. The Morgan fingerprint density at radius 3 is 2.45 bits per heavy atom. The summed E-state index contributed by atoms with van der Waals surface area (Å²) in [5.74, 6) is 0. The van der Waals surface area contributed by atoms with Crippen molar-refractivity contribution in [2.45, 2.75) is 46.5 Å². The molecule has 0 radical (unpaired) electrons. The van der Waals surface area contributed by atoms with Crippen LogP contribution in [0.1, 0.15) is 50.3 Å². The summed E-state index contributed by atoms with van der Waals surface area (Å²) in [4.78, 5) is 10.8. The number of aldehydes is 1. The van der Waals surface area contributed by atoms with Crippen LogP contribution in [0.2, 0.25) is 0 Å². The maximum Gasteiger partial charge on any atom is 0.143 e. The molecule has 0 amide bonds. The highest BCUT2D eigenvalue weighted by molar-refractivity contribution is 5.69. The monoisotopic (exact) mass is 268 g/mol. The first-order valence-corrected chi connectivity index (χ1v) is 7.46. The third kappa shape index (κ3) is 3.69. The fourth-order valence-corrected chi connectivity index (χ4v) is 2.67. The zero-order valence-corrected chi connectivity index (χ0v) is 12.8. The first-order valence-electron chi connectivity index (χ1n) is 7.46. The van der Waals surface area contributed by atoms with Crippen LogP contribution < -0.4 is 0 Å². The minimum absolute atomic E-state index is 0.00832. The van der Waals surface area contributed by atoms with Gasteiger partial charge in [-0.05, 0) is 59.4 Å². The molecule has 1 aliphatic carbocycles. The quantitative estimate of drug-likeness (QED) is 0.439. The van der Waals surface area contributed by atoms with Gasteiger partial charge in [0.05, 0.1) is 0 Å². The van der Waals surface area contributed by atoms with E-state index in [1.165, 1.54) is 42.4 Å². The van der Waals surface area contributed by atoms with Crippen molar-refractivity contribution in [2.75, 3.05) is 0 Å². The number of carbonyl (C=O) groups is 1. The molecule has 1 heteroatoms. The number of hydrogen-bond acceptors (Lipinski definition) is 1. The standard InChI is InChI=1S/C19H24O/c1-19(2,3)18(12-13-20)11-9-15-8-10-16-6-4-5-7-17(16)14-15/h8-14H,4-7H2,1-3H3/b11-9+,18-12-. The van der Waals surface area contributed by atoms with Crippen molar-refractivity contribution < 1.29 is 4.79 Å². The van der Waals surface area contributed by atoms with Gasteiger partial charge in [0, 0.05) is 0 Å². The minimum Gasteiger partial charge on any atom is -0.299 e. The third-order valence-corrected chi connectivity index (χ3v) is 3.94. The molecule has 0 N–H and O–H groups in total. The molecule has 0 aromatic heterocycles. The molecule has 2 rings (SSSR count). The molecule has 20 heavy (non-hydrogen) atoms. The van der Waals surface area contributed by atoms with Crippen molar-refractivity contribution in [1.29, 1.82) is 0 Å². The molecule has 1 aromatic rings. The molecule has 1 nitrogen and oxygen atoms in total. The number of allylic oxidation sites excluding steroid dienone is 3. The van der Waals surface area contributed by atoms with Crippen LogP contribution in [0, 0.1) is 5.41 Å². The van der Waals surface area contributed by atoms with E-state index in [-0.39, 0.29) is 5.41 Å². The van der Waals surface area contributed by atoms with Gasteiger partial charge in [0.2, 0.25) is 0 Å². The zero-order valence-electron chi connectivity index (χ0n) is 12.8. The van der Waals surface area contributed by atoms with E-state index in [0.29, 0.717) is 0 Å². The Bertz CT molecular complexity index is 541. The Balaban J connectivity index is 2.22. The molecule has 0 saturated heterocycles. The molecule has 0 atom stereocenters. The van der Waals surface area contributed by atoms with Crippen molar-refractivity contribution >= 4 is 12.4 Å². The Kier molecular flexibility index (Phi) is 4.59. The van der Waals surface area contributed by atoms with E-state index in [1.54, 1.807) is 6.08 Å². The Morgan fingerprint density at radius 1 is 1.10 bits per heavy atom. The Labute approximate surface area is 122 Å². The van der Waals surface area contributed by atoms with Gasteiger partial charge in [0.15, 0.2) is 0 Å². The normalized spacial score (nSPS) is 16.2. The maximum absolute atomic E-state index is 10.8. The molecule has 1 aromatic carbocycles. The van der Waals surface area contributed by atoms with E-state index >= 15 is 0 Å². The van der Waals surface area contributed by atoms with Crippen LogP contribution >= 0.6 is 0 Å². The second kappa shape index (κ2) is 6.21. The van der Waals surface area contributed by atoms with Gasteiger partial charge in [-0.15, -0.1) is 0 Å². The molecule has 0 bridgehead atoms. The highest BCUT2D eigenvalue weighted by atomic mass is 16.1. The van der Waals surface area contributed by atoms with E-state index in [4.69, 9.17) is 0 Å². The Morgan fingerprint density at radius 2 is 1.80 bits per heavy atom. The average Bonchev–Trinajstić information content (AvgIpc) is 2.42. The third-order valence-electron chi connectivity index (χ3n) is 3.94. The highest BCUT2D eigenvalue weighted by Gasteiger charge is 2.14. The van der Waals surface area contributed by atoms with E-state index in [0.717, 1.165) is 11.9 Å². The SMILES string of the molecule is CC(C)(C)C(=C\C=O)/C=C/c1ccc2c(c1)CCCC2. The van der Waals surface area contributed by atoms with Crippen LogP contribution in [-0.4, -0.2) is 6.29 Å². The number of carbonyl (C=O) groups excluding carboxylic acids is 1. The van der Waals surface area contributed by atoms with E-state index < -0.39 is 0 Å². The van der Waals surface area contributed by atoms with Crippen molar-refractivity contribution in [3.05, 3.63) is 52.6 Å². The lowest BCUT2D eigenvalue weighted by atomic mass is 9.85. The first-order chi connectivity index (χ1) is 9.50. The Hall–Kier alpha value is -1.63. The fraction of sp³-hybridized carbons (Fsp3) is 0.421.